The summed E-state index contributed by atoms with van der Waals surface area (Å²) in [5.74, 6) is 1.03. The molecule has 0 aliphatic rings. The van der Waals surface area contributed by atoms with Gasteiger partial charge in [0.15, 0.2) is 0 Å². The van der Waals surface area contributed by atoms with Crippen LogP contribution in [0.1, 0.15) is 11.1 Å². The summed E-state index contributed by atoms with van der Waals surface area (Å²) in [5, 5.41) is 18.0. The second kappa shape index (κ2) is 5.92. The van der Waals surface area contributed by atoms with Crippen molar-refractivity contribution in [2.24, 2.45) is 0 Å². The second-order valence-electron chi connectivity index (χ2n) is 3.74. The number of halogens is 1. The van der Waals surface area contributed by atoms with Gasteiger partial charge in [-0.15, -0.1) is 0 Å². The van der Waals surface area contributed by atoms with Gasteiger partial charge in [-0.1, -0.05) is 11.6 Å². The van der Waals surface area contributed by atoms with E-state index in [0.717, 1.165) is 0 Å². The van der Waals surface area contributed by atoms with Gasteiger partial charge in [-0.2, -0.15) is 10.5 Å². The van der Waals surface area contributed by atoms with Gasteiger partial charge in [0.1, 0.15) is 16.7 Å². The van der Waals surface area contributed by atoms with E-state index in [9.17, 15) is 0 Å². The fourth-order valence-electron chi connectivity index (χ4n) is 1.52. The van der Waals surface area contributed by atoms with Crippen LogP contribution in [0.5, 0.6) is 17.4 Å². The van der Waals surface area contributed by atoms with E-state index in [2.05, 4.69) is 4.98 Å². The number of aromatic nitrogens is 1. The molecule has 0 amide bonds. The molecule has 20 heavy (non-hydrogen) atoms. The molecule has 0 fully saturated rings. The Morgan fingerprint density at radius 3 is 2.30 bits per heavy atom. The first-order valence-corrected chi connectivity index (χ1v) is 5.87. The highest BCUT2D eigenvalue weighted by Crippen LogP contribution is 2.27. The SMILES string of the molecule is COc1cc(C#N)cc(Oc2cc(C#N)cc(Cl)n2)c1. The van der Waals surface area contributed by atoms with Gasteiger partial charge in [0.2, 0.25) is 5.88 Å². The number of rotatable bonds is 3. The first-order chi connectivity index (χ1) is 9.64. The van der Waals surface area contributed by atoms with Crippen LogP contribution in [0.4, 0.5) is 0 Å². The van der Waals surface area contributed by atoms with Gasteiger partial charge >= 0.3 is 0 Å². The third-order valence-corrected chi connectivity index (χ3v) is 2.56. The fraction of sp³-hybridized carbons (Fsp3) is 0.0714. The van der Waals surface area contributed by atoms with Gasteiger partial charge in [0, 0.05) is 12.1 Å². The molecule has 6 heteroatoms. The maximum absolute atomic E-state index is 8.93. The first kappa shape index (κ1) is 13.7. The van der Waals surface area contributed by atoms with Crippen molar-refractivity contribution in [1.29, 1.82) is 10.5 Å². The minimum atomic E-state index is 0.155. The molecule has 1 aromatic heterocycles. The summed E-state index contributed by atoms with van der Waals surface area (Å²) in [6, 6.07) is 11.6. The zero-order valence-corrected chi connectivity index (χ0v) is 11.2. The number of pyridine rings is 1. The molecule has 0 bridgehead atoms. The van der Waals surface area contributed by atoms with E-state index in [1.54, 1.807) is 12.1 Å². The lowest BCUT2D eigenvalue weighted by molar-refractivity contribution is 0.407. The van der Waals surface area contributed by atoms with Gasteiger partial charge in [0.25, 0.3) is 0 Å². The monoisotopic (exact) mass is 285 g/mol. The topological polar surface area (TPSA) is 78.9 Å². The highest BCUT2D eigenvalue weighted by atomic mass is 35.5. The molecule has 0 saturated carbocycles. The molecule has 0 spiro atoms. The lowest BCUT2D eigenvalue weighted by Gasteiger charge is -2.08. The molecular formula is C14H8ClN3O2. The van der Waals surface area contributed by atoms with Crippen LogP contribution in [0, 0.1) is 22.7 Å². The Kier molecular flexibility index (Phi) is 4.05. The van der Waals surface area contributed by atoms with E-state index in [4.69, 9.17) is 31.6 Å². The summed E-state index contributed by atoms with van der Waals surface area (Å²) < 4.78 is 10.6. The van der Waals surface area contributed by atoms with E-state index < -0.39 is 0 Å². The Labute approximate surface area is 120 Å². The maximum atomic E-state index is 8.93. The van der Waals surface area contributed by atoms with Crippen molar-refractivity contribution >= 4 is 11.6 Å². The molecule has 1 aromatic carbocycles. The number of hydrogen-bond donors (Lipinski definition) is 0. The molecule has 0 saturated heterocycles. The van der Waals surface area contributed by atoms with Crippen LogP contribution in [-0.4, -0.2) is 12.1 Å². The summed E-state index contributed by atoms with van der Waals surface area (Å²) in [6.07, 6.45) is 0. The summed E-state index contributed by atoms with van der Waals surface area (Å²) in [6.45, 7) is 0. The molecule has 2 aromatic rings. The van der Waals surface area contributed by atoms with Crippen molar-refractivity contribution in [3.8, 4) is 29.5 Å². The van der Waals surface area contributed by atoms with Crippen LogP contribution >= 0.6 is 11.6 Å². The van der Waals surface area contributed by atoms with Crippen molar-refractivity contribution in [3.05, 3.63) is 46.6 Å². The third-order valence-electron chi connectivity index (χ3n) is 2.37. The lowest BCUT2D eigenvalue weighted by Crippen LogP contribution is -1.92. The molecule has 0 N–H and O–H groups in total. The highest BCUT2D eigenvalue weighted by molar-refractivity contribution is 6.29. The van der Waals surface area contributed by atoms with E-state index in [1.165, 1.54) is 25.3 Å². The van der Waals surface area contributed by atoms with Gasteiger partial charge in [0.05, 0.1) is 30.4 Å². The minimum Gasteiger partial charge on any atom is -0.497 e. The predicted octanol–water partition coefficient (Wildman–Crippen LogP) is 3.28. The van der Waals surface area contributed by atoms with Gasteiger partial charge in [-0.25, -0.2) is 4.98 Å². The minimum absolute atomic E-state index is 0.155. The number of ether oxygens (including phenoxy) is 2. The molecule has 0 radical (unpaired) electrons. The van der Waals surface area contributed by atoms with Crippen LogP contribution in [0.25, 0.3) is 0 Å². The molecule has 0 unspecified atom stereocenters. The number of hydrogen-bond acceptors (Lipinski definition) is 5. The lowest BCUT2D eigenvalue weighted by atomic mass is 10.2. The zero-order chi connectivity index (χ0) is 14.5. The average Bonchev–Trinajstić information content (AvgIpc) is 2.46. The normalized spacial score (nSPS) is 9.40. The van der Waals surface area contributed by atoms with Crippen LogP contribution in [0.3, 0.4) is 0 Å². The van der Waals surface area contributed by atoms with Gasteiger partial charge < -0.3 is 9.47 Å². The maximum Gasteiger partial charge on any atom is 0.221 e. The van der Waals surface area contributed by atoms with E-state index in [0.29, 0.717) is 22.6 Å². The van der Waals surface area contributed by atoms with Gasteiger partial charge in [-0.3, -0.25) is 0 Å². The largest absolute Gasteiger partial charge is 0.497 e. The summed E-state index contributed by atoms with van der Waals surface area (Å²) in [4.78, 5) is 3.96. The highest BCUT2D eigenvalue weighted by Gasteiger charge is 2.07. The Balaban J connectivity index is 2.37. The number of methoxy groups -OCH3 is 1. The second-order valence-corrected chi connectivity index (χ2v) is 4.13. The number of nitriles is 2. The van der Waals surface area contributed by atoms with E-state index in [1.807, 2.05) is 12.1 Å². The molecule has 0 aliphatic carbocycles. The van der Waals surface area contributed by atoms with Crippen molar-refractivity contribution in [2.45, 2.75) is 0 Å². The standard InChI is InChI=1S/C14H8ClN3O2/c1-19-11-2-9(7-16)3-12(6-11)20-14-5-10(8-17)4-13(15)18-14/h2-6H,1H3. The molecule has 98 valence electrons. The summed E-state index contributed by atoms with van der Waals surface area (Å²) in [7, 11) is 1.49. The molecule has 2 rings (SSSR count). The Morgan fingerprint density at radius 1 is 1.00 bits per heavy atom. The van der Waals surface area contributed by atoms with Crippen LogP contribution < -0.4 is 9.47 Å². The van der Waals surface area contributed by atoms with Crippen molar-refractivity contribution in [1.82, 2.24) is 4.98 Å². The Morgan fingerprint density at radius 2 is 1.65 bits per heavy atom. The molecular weight excluding hydrogens is 278 g/mol. The molecule has 5 nitrogen and oxygen atoms in total. The molecule has 1 heterocycles. The van der Waals surface area contributed by atoms with Crippen molar-refractivity contribution in [2.75, 3.05) is 7.11 Å². The van der Waals surface area contributed by atoms with Crippen molar-refractivity contribution in [3.63, 3.8) is 0 Å². The molecule has 0 aliphatic heterocycles. The third kappa shape index (κ3) is 3.17. The Bertz CT molecular complexity index is 732. The quantitative estimate of drug-likeness (QED) is 0.809. The molecule has 0 atom stereocenters. The van der Waals surface area contributed by atoms with Crippen LogP contribution in [0.2, 0.25) is 5.15 Å². The van der Waals surface area contributed by atoms with Crippen LogP contribution in [0.15, 0.2) is 30.3 Å². The zero-order valence-electron chi connectivity index (χ0n) is 10.4. The van der Waals surface area contributed by atoms with E-state index >= 15 is 0 Å². The fourth-order valence-corrected chi connectivity index (χ4v) is 1.72. The number of benzene rings is 1. The van der Waals surface area contributed by atoms with E-state index in [-0.39, 0.29) is 11.0 Å². The van der Waals surface area contributed by atoms with Crippen molar-refractivity contribution < 1.29 is 9.47 Å². The smallest absolute Gasteiger partial charge is 0.221 e. The predicted molar refractivity (Wildman–Crippen MR) is 71.7 cm³/mol. The average molecular weight is 286 g/mol. The first-order valence-electron chi connectivity index (χ1n) is 5.49. The number of nitrogens with zero attached hydrogens (tertiary/aromatic N) is 3. The summed E-state index contributed by atoms with van der Waals surface area (Å²) >= 11 is 5.79. The van der Waals surface area contributed by atoms with Crippen LogP contribution in [-0.2, 0) is 0 Å². The Hall–Kier alpha value is -2.76. The van der Waals surface area contributed by atoms with Gasteiger partial charge in [-0.05, 0) is 18.2 Å². The summed E-state index contributed by atoms with van der Waals surface area (Å²) in [5.41, 5.74) is 0.727.